The van der Waals surface area contributed by atoms with Crippen LogP contribution in [0.1, 0.15) is 5.56 Å². The maximum absolute atomic E-state index is 13.1. The van der Waals surface area contributed by atoms with Crippen molar-refractivity contribution in [2.75, 3.05) is 13.1 Å². The molecule has 2 aromatic carbocycles. The van der Waals surface area contributed by atoms with E-state index < -0.39 is 15.9 Å². The summed E-state index contributed by atoms with van der Waals surface area (Å²) in [7, 11) is -4.02. The van der Waals surface area contributed by atoms with E-state index in [4.69, 9.17) is 20.9 Å². The first-order chi connectivity index (χ1) is 11.3. The van der Waals surface area contributed by atoms with Gasteiger partial charge in [0.1, 0.15) is 6.10 Å². The van der Waals surface area contributed by atoms with Crippen LogP contribution < -0.4 is 10.1 Å². The number of nitrogens with one attached hydrogen (secondary N) is 1. The Bertz CT molecular complexity index is 792. The molecule has 0 aliphatic carbocycles. The lowest BCUT2D eigenvalue weighted by Gasteiger charge is -2.27. The van der Waals surface area contributed by atoms with E-state index in [1.54, 1.807) is 24.3 Å². The minimum Gasteiger partial charge on any atom is -0.485 e. The molecule has 0 spiro atoms. The highest BCUT2D eigenvalue weighted by atomic mass is 35.5. The molecule has 0 aromatic heterocycles. The molecule has 0 atom stereocenters. The molecule has 130 valence electrons. The van der Waals surface area contributed by atoms with E-state index >= 15 is 0 Å². The summed E-state index contributed by atoms with van der Waals surface area (Å²) < 4.78 is 48.0. The first-order valence-corrected chi connectivity index (χ1v) is 8.94. The summed E-state index contributed by atoms with van der Waals surface area (Å²) in [5, 5.41) is 3.42. The van der Waals surface area contributed by atoms with Gasteiger partial charge in [-0.05, 0) is 37.3 Å². The summed E-state index contributed by atoms with van der Waals surface area (Å²) in [6.45, 7) is 3.40. The van der Waals surface area contributed by atoms with Crippen LogP contribution in [0.5, 0.6) is 5.75 Å². The number of rotatable bonds is 3. The Hall–Kier alpha value is -1.67. The van der Waals surface area contributed by atoms with Gasteiger partial charge >= 0.3 is 0 Å². The molecule has 0 bridgehead atoms. The van der Waals surface area contributed by atoms with E-state index in [0.717, 1.165) is 18.7 Å². The lowest BCUT2D eigenvalue weighted by Crippen LogP contribution is -2.50. The van der Waals surface area contributed by atoms with E-state index in [0.29, 0.717) is 5.02 Å². The van der Waals surface area contributed by atoms with Crippen molar-refractivity contribution in [2.24, 2.45) is 0 Å². The maximum Gasteiger partial charge on any atom is 0.294 e. The molecule has 8 heteroatoms. The fourth-order valence-corrected chi connectivity index (χ4v) is 2.44. The molecular formula is C16H17ClFNO4S. The number of aryl methyl sites for hydroxylation is 1. The topological polar surface area (TPSA) is 75.6 Å². The van der Waals surface area contributed by atoms with E-state index in [-0.39, 0.29) is 16.7 Å². The molecule has 0 amide bonds. The van der Waals surface area contributed by atoms with Gasteiger partial charge in [-0.1, -0.05) is 29.3 Å². The third-order valence-corrected chi connectivity index (χ3v) is 4.35. The SMILES string of the molecule is Cc1ccc(S(=O)(=O)O)cc1.Fc1cc(Cl)ccc1OC1CNC1. The third kappa shape index (κ3) is 5.45. The normalized spacial score (nSPS) is 14.3. The van der Waals surface area contributed by atoms with Gasteiger partial charge in [-0.2, -0.15) is 8.42 Å². The first kappa shape index (κ1) is 18.7. The summed E-state index contributed by atoms with van der Waals surface area (Å²) in [4.78, 5) is -0.0666. The lowest BCUT2D eigenvalue weighted by atomic mass is 10.2. The van der Waals surface area contributed by atoms with Crippen LogP contribution in [0.15, 0.2) is 47.4 Å². The molecular weight excluding hydrogens is 357 g/mol. The van der Waals surface area contributed by atoms with E-state index in [9.17, 15) is 12.8 Å². The Morgan fingerprint density at radius 3 is 2.29 bits per heavy atom. The molecule has 2 N–H and O–H groups in total. The molecule has 1 heterocycles. The van der Waals surface area contributed by atoms with Crippen LogP contribution in [0.2, 0.25) is 5.02 Å². The van der Waals surface area contributed by atoms with Crippen molar-refractivity contribution in [1.82, 2.24) is 5.32 Å². The Kier molecular flexibility index (Phi) is 6.17. The molecule has 2 aromatic rings. The molecule has 5 nitrogen and oxygen atoms in total. The number of benzene rings is 2. The molecule has 0 unspecified atom stereocenters. The molecule has 1 fully saturated rings. The molecule has 24 heavy (non-hydrogen) atoms. The van der Waals surface area contributed by atoms with Crippen LogP contribution >= 0.6 is 11.6 Å². The Labute approximate surface area is 145 Å². The largest absolute Gasteiger partial charge is 0.485 e. The van der Waals surface area contributed by atoms with Crippen LogP contribution in [0.4, 0.5) is 4.39 Å². The monoisotopic (exact) mass is 373 g/mol. The van der Waals surface area contributed by atoms with Crippen LogP contribution in [0.25, 0.3) is 0 Å². The summed E-state index contributed by atoms with van der Waals surface area (Å²) in [6, 6.07) is 10.4. The zero-order valence-corrected chi connectivity index (χ0v) is 14.4. The van der Waals surface area contributed by atoms with Crippen molar-refractivity contribution in [3.8, 4) is 5.75 Å². The van der Waals surface area contributed by atoms with E-state index in [2.05, 4.69) is 5.32 Å². The minimum atomic E-state index is -4.02. The van der Waals surface area contributed by atoms with Gasteiger partial charge < -0.3 is 10.1 Å². The zero-order chi connectivity index (χ0) is 17.7. The van der Waals surface area contributed by atoms with Gasteiger partial charge in [0.25, 0.3) is 10.1 Å². The smallest absolute Gasteiger partial charge is 0.294 e. The second-order valence-corrected chi connectivity index (χ2v) is 7.12. The van der Waals surface area contributed by atoms with E-state index in [1.165, 1.54) is 18.2 Å². The summed E-state index contributed by atoms with van der Waals surface area (Å²) >= 11 is 5.59. The highest BCUT2D eigenvalue weighted by Gasteiger charge is 2.19. The number of hydrogen-bond acceptors (Lipinski definition) is 4. The zero-order valence-electron chi connectivity index (χ0n) is 12.9. The molecule has 1 aliphatic rings. The molecule has 1 aliphatic heterocycles. The third-order valence-electron chi connectivity index (χ3n) is 3.25. The number of halogens is 2. The number of hydrogen-bond donors (Lipinski definition) is 2. The molecule has 0 saturated carbocycles. The van der Waals surface area contributed by atoms with Gasteiger partial charge in [0, 0.05) is 18.1 Å². The van der Waals surface area contributed by atoms with Gasteiger partial charge in [0.05, 0.1) is 4.90 Å². The summed E-state index contributed by atoms with van der Waals surface area (Å²) in [5.41, 5.74) is 0.956. The molecule has 1 saturated heterocycles. The predicted molar refractivity (Wildman–Crippen MR) is 89.7 cm³/mol. The van der Waals surface area contributed by atoms with Crippen molar-refractivity contribution < 1.29 is 22.1 Å². The highest BCUT2D eigenvalue weighted by molar-refractivity contribution is 7.85. The maximum atomic E-state index is 13.1. The highest BCUT2D eigenvalue weighted by Crippen LogP contribution is 2.22. The Morgan fingerprint density at radius 1 is 1.21 bits per heavy atom. The predicted octanol–water partition coefficient (Wildman–Crippen LogP) is 3.07. The van der Waals surface area contributed by atoms with Gasteiger partial charge in [0.15, 0.2) is 11.6 Å². The Balaban J connectivity index is 0.000000177. The first-order valence-electron chi connectivity index (χ1n) is 7.12. The van der Waals surface area contributed by atoms with E-state index in [1.807, 2.05) is 6.92 Å². The fraction of sp³-hybridized carbons (Fsp3) is 0.250. The van der Waals surface area contributed by atoms with Crippen LogP contribution in [0, 0.1) is 12.7 Å². The van der Waals surface area contributed by atoms with Crippen molar-refractivity contribution in [3.05, 3.63) is 58.9 Å². The van der Waals surface area contributed by atoms with Crippen LogP contribution in [0.3, 0.4) is 0 Å². The van der Waals surface area contributed by atoms with Gasteiger partial charge in [-0.3, -0.25) is 4.55 Å². The number of ether oxygens (including phenoxy) is 1. The van der Waals surface area contributed by atoms with Gasteiger partial charge in [0.2, 0.25) is 0 Å². The van der Waals surface area contributed by atoms with Gasteiger partial charge in [-0.25, -0.2) is 4.39 Å². The lowest BCUT2D eigenvalue weighted by molar-refractivity contribution is 0.136. The van der Waals surface area contributed by atoms with Crippen molar-refractivity contribution >= 4 is 21.7 Å². The summed E-state index contributed by atoms with van der Waals surface area (Å²) in [5.74, 6) is -0.129. The second-order valence-electron chi connectivity index (χ2n) is 5.26. The van der Waals surface area contributed by atoms with Gasteiger partial charge in [-0.15, -0.1) is 0 Å². The minimum absolute atomic E-state index is 0.0666. The average molecular weight is 374 g/mol. The fourth-order valence-electron chi connectivity index (χ4n) is 1.81. The standard InChI is InChI=1S/C9H9ClFNO.C7H8O3S/c10-6-1-2-9(8(11)3-6)13-7-4-12-5-7;1-6-2-4-7(5-3-6)11(8,9)10/h1-3,7,12H,4-5H2;2-5H,1H3,(H,8,9,10). The van der Waals surface area contributed by atoms with Crippen molar-refractivity contribution in [2.45, 2.75) is 17.9 Å². The van der Waals surface area contributed by atoms with Crippen LogP contribution in [-0.2, 0) is 10.1 Å². The van der Waals surface area contributed by atoms with Crippen molar-refractivity contribution in [1.29, 1.82) is 0 Å². The second kappa shape index (κ2) is 7.94. The van der Waals surface area contributed by atoms with Crippen LogP contribution in [-0.4, -0.2) is 32.2 Å². The van der Waals surface area contributed by atoms with Crippen molar-refractivity contribution in [3.63, 3.8) is 0 Å². The summed E-state index contributed by atoms with van der Waals surface area (Å²) in [6.07, 6.45) is 0.0932. The molecule has 3 rings (SSSR count). The Morgan fingerprint density at radius 2 is 1.83 bits per heavy atom. The average Bonchev–Trinajstić information content (AvgIpc) is 2.45. The molecule has 0 radical (unpaired) electrons. The quantitative estimate of drug-likeness (QED) is 0.809.